The fourth-order valence-corrected chi connectivity index (χ4v) is 9.44. The van der Waals surface area contributed by atoms with E-state index in [-0.39, 0.29) is 77.0 Å². The van der Waals surface area contributed by atoms with Crippen molar-refractivity contribution in [2.45, 2.75) is 133 Å². The number of carbonyl (C=O) groups is 10. The van der Waals surface area contributed by atoms with Gasteiger partial charge in [0, 0.05) is 81.3 Å². The molecular weight excluding hydrogens is 1010 g/mol. The summed E-state index contributed by atoms with van der Waals surface area (Å²) in [6.45, 7) is 1.66. The molecule has 14 N–H and O–H groups in total. The van der Waals surface area contributed by atoms with Crippen LogP contribution < -0.4 is 54.0 Å². The molecule has 0 aliphatic carbocycles. The lowest BCUT2D eigenvalue weighted by molar-refractivity contribution is -0.143. The predicted molar refractivity (Wildman–Crippen MR) is 286 cm³/mol. The summed E-state index contributed by atoms with van der Waals surface area (Å²) in [5.41, 5.74) is 13.6. The number of fused-ring (bicyclic) bond motifs is 1. The first-order valence-corrected chi connectivity index (χ1v) is 26.0. The summed E-state index contributed by atoms with van der Waals surface area (Å²) in [5, 5.41) is 32.0. The largest absolute Gasteiger partial charge is 0.394 e. The van der Waals surface area contributed by atoms with Crippen molar-refractivity contribution in [3.05, 3.63) is 83.7 Å². The van der Waals surface area contributed by atoms with Crippen LogP contribution in [0.1, 0.15) is 82.8 Å². The number of aliphatic imine (C=N–C) groups is 2. The second-order valence-electron chi connectivity index (χ2n) is 19.4. The van der Waals surface area contributed by atoms with Crippen molar-refractivity contribution < 1.29 is 53.1 Å². The summed E-state index contributed by atoms with van der Waals surface area (Å²) < 4.78 is 0. The molecular formula is C53H70N14O11. The van der Waals surface area contributed by atoms with Gasteiger partial charge in [-0.25, -0.2) is 0 Å². The number of nitrogens with one attached hydrogen (secondary N) is 9. The van der Waals surface area contributed by atoms with Gasteiger partial charge >= 0.3 is 0 Å². The minimum Gasteiger partial charge on any atom is -0.394 e. The second kappa shape index (κ2) is 28.6. The number of Topliss-reactive ketones (excluding diaryl/α,β-unsaturated/α-hetero) is 1. The Kier molecular flexibility index (Phi) is 21.5. The zero-order valence-corrected chi connectivity index (χ0v) is 43.7. The van der Waals surface area contributed by atoms with Crippen molar-refractivity contribution in [2.24, 2.45) is 21.5 Å². The summed E-state index contributed by atoms with van der Waals surface area (Å²) in [5.74, 6) is -7.75. The minimum atomic E-state index is -1.65. The number of nitrogens with zero attached hydrogens (tertiary/aromatic N) is 3. The van der Waals surface area contributed by atoms with Crippen LogP contribution in [0.2, 0.25) is 0 Å². The first-order valence-electron chi connectivity index (χ1n) is 26.0. The zero-order valence-electron chi connectivity index (χ0n) is 43.7. The van der Waals surface area contributed by atoms with Crippen molar-refractivity contribution in [2.75, 3.05) is 26.2 Å². The fourth-order valence-electron chi connectivity index (χ4n) is 9.44. The molecule has 4 heterocycles. The molecule has 1 aromatic heterocycles. The predicted octanol–water partition coefficient (Wildman–Crippen LogP) is -1.96. The first kappa shape index (κ1) is 58.8. The molecule has 3 aliphatic rings. The number of amides is 9. The third kappa shape index (κ3) is 17.0. The molecule has 25 heteroatoms. The lowest BCUT2D eigenvalue weighted by Gasteiger charge is -2.31. The standard InChI is InChI=1S/C53H70N14O11/c1-30(69)43(29-68)66-51(77)44-19-11-23-67(44)52(78)42-27-45(71)57-21-9-17-37(60-31(2)70)46(72)64-41(26-34-14-8-20-56-34)50(76)62-39(24-32-12-4-3-5-13-32)48(74)61-38(18-10-22-58-53(54)55)47(73)63-40(49(75)65-42)25-33-28-59-36-16-7-6-15-35(33)36/h3-7,12-16,20,28,37-44,59,68H,8-11,17-19,21-27,29H2,1-2H3,(H,57,71)(H,60,70)(H,61,74)(H,62,76)(H,63,73)(H,64,72)(H,65,75)(H,66,77)(H4,54,55,58)/t37-,38-,39+,40-,41-,42-,43-,44-/m0/s1. The van der Waals surface area contributed by atoms with Gasteiger partial charge in [0.1, 0.15) is 48.3 Å². The molecule has 0 unspecified atom stereocenters. The van der Waals surface area contributed by atoms with Crippen LogP contribution in [0.15, 0.2) is 82.6 Å². The van der Waals surface area contributed by atoms with Gasteiger partial charge in [-0.3, -0.25) is 57.9 Å². The van der Waals surface area contributed by atoms with Gasteiger partial charge in [0.25, 0.3) is 0 Å². The number of rotatable bonds is 16. The number of H-pyrrole nitrogens is 1. The molecule has 2 saturated heterocycles. The van der Waals surface area contributed by atoms with E-state index in [2.05, 4.69) is 57.5 Å². The average Bonchev–Trinajstić information content (AvgIpc) is 4.22. The molecule has 0 spiro atoms. The van der Waals surface area contributed by atoms with Crippen molar-refractivity contribution in [3.8, 4) is 0 Å². The average molecular weight is 1080 g/mol. The summed E-state index contributed by atoms with van der Waals surface area (Å²) in [6, 6.07) is 5.06. The number of allylic oxidation sites excluding steroid dienone is 1. The molecule has 0 bridgehead atoms. The Bertz CT molecular complexity index is 2780. The molecule has 0 saturated carbocycles. The van der Waals surface area contributed by atoms with E-state index in [9.17, 15) is 53.1 Å². The highest BCUT2D eigenvalue weighted by Crippen LogP contribution is 2.22. The summed E-state index contributed by atoms with van der Waals surface area (Å²) in [7, 11) is 0. The maximum atomic E-state index is 14.9. The number of ketones is 1. The Balaban J connectivity index is 1.41. The van der Waals surface area contributed by atoms with Gasteiger partial charge in [-0.05, 0) is 62.6 Å². The fraction of sp³-hybridized carbons (Fsp3) is 0.472. The second-order valence-corrected chi connectivity index (χ2v) is 19.4. The smallest absolute Gasteiger partial charge is 0.246 e. The molecule has 2 aromatic carbocycles. The number of guanidine groups is 1. The van der Waals surface area contributed by atoms with Gasteiger partial charge in [-0.15, -0.1) is 0 Å². The van der Waals surface area contributed by atoms with E-state index in [1.807, 2.05) is 6.07 Å². The summed E-state index contributed by atoms with van der Waals surface area (Å²) in [6.07, 6.45) is 5.06. The van der Waals surface area contributed by atoms with Crippen molar-refractivity contribution >= 4 is 82.0 Å². The highest BCUT2D eigenvalue weighted by molar-refractivity contribution is 6.00. The highest BCUT2D eigenvalue weighted by atomic mass is 16.3. The maximum Gasteiger partial charge on any atom is 0.246 e. The maximum absolute atomic E-state index is 14.9. The molecule has 2 fully saturated rings. The number of carbonyl (C=O) groups excluding carboxylic acids is 10. The Morgan fingerprint density at radius 2 is 1.45 bits per heavy atom. The van der Waals surface area contributed by atoms with Crippen LogP contribution in [0.25, 0.3) is 10.9 Å². The third-order valence-corrected chi connectivity index (χ3v) is 13.5. The van der Waals surface area contributed by atoms with E-state index in [0.29, 0.717) is 40.6 Å². The van der Waals surface area contributed by atoms with E-state index in [1.165, 1.54) is 18.7 Å². The number of aliphatic hydroxyl groups excluding tert-OH is 1. The van der Waals surface area contributed by atoms with Crippen LogP contribution in [-0.4, -0.2) is 161 Å². The Morgan fingerprint density at radius 3 is 2.13 bits per heavy atom. The van der Waals surface area contributed by atoms with Crippen LogP contribution in [-0.2, 0) is 60.8 Å². The van der Waals surface area contributed by atoms with Gasteiger partial charge in [0.05, 0.1) is 13.0 Å². The molecule has 78 heavy (non-hydrogen) atoms. The number of aromatic amines is 1. The number of aliphatic hydroxyl groups is 1. The molecule has 9 amide bonds. The summed E-state index contributed by atoms with van der Waals surface area (Å²) >= 11 is 0. The molecule has 8 atom stereocenters. The third-order valence-electron chi connectivity index (χ3n) is 13.5. The SMILES string of the molecule is CC(=O)N[C@H]1CCCNC(=O)C[C@@H](C(=O)N2CCC[C@H]2C(=O)N[C@@H](CO)C(C)=O)NC(=O)[C@H](Cc2c[nH]c3ccccc23)NC(=O)[C@H](CCCN=C(N)N)NC(=O)[C@@H](Cc2ccccc2)NC(=O)[C@H](CC2=CCC=N2)NC1=O. The van der Waals surface area contributed by atoms with Crippen molar-refractivity contribution in [3.63, 3.8) is 0 Å². The van der Waals surface area contributed by atoms with Gasteiger partial charge in [0.2, 0.25) is 53.2 Å². The topological polar surface area (TPSA) is 383 Å². The number of aromatic nitrogens is 1. The van der Waals surface area contributed by atoms with Crippen LogP contribution in [0.3, 0.4) is 0 Å². The van der Waals surface area contributed by atoms with Crippen LogP contribution in [0, 0.1) is 0 Å². The normalized spacial score (nSPS) is 23.4. The number of hydrogen-bond donors (Lipinski definition) is 12. The molecule has 25 nitrogen and oxygen atoms in total. The van der Waals surface area contributed by atoms with Gasteiger partial charge < -0.3 is 69.0 Å². The molecule has 418 valence electrons. The number of benzene rings is 2. The zero-order chi connectivity index (χ0) is 56.3. The quantitative estimate of drug-likeness (QED) is 0.0422. The summed E-state index contributed by atoms with van der Waals surface area (Å²) in [4.78, 5) is 153. The molecule has 3 aromatic rings. The van der Waals surface area contributed by atoms with Crippen LogP contribution in [0.4, 0.5) is 0 Å². The monoisotopic (exact) mass is 1080 g/mol. The highest BCUT2D eigenvalue weighted by Gasteiger charge is 2.41. The van der Waals surface area contributed by atoms with Crippen LogP contribution >= 0.6 is 0 Å². The first-order chi connectivity index (χ1) is 37.4. The molecule has 3 aliphatic heterocycles. The number of hydrogen-bond acceptors (Lipinski definition) is 13. The lowest BCUT2D eigenvalue weighted by Crippen LogP contribution is -2.61. The number of likely N-dealkylation sites (tertiary alicyclic amines) is 1. The van der Waals surface area contributed by atoms with Crippen molar-refractivity contribution in [1.29, 1.82) is 0 Å². The minimum absolute atomic E-state index is 0.0233. The molecule has 0 radical (unpaired) electrons. The van der Waals surface area contributed by atoms with E-state index in [1.54, 1.807) is 67.0 Å². The Morgan fingerprint density at radius 1 is 0.795 bits per heavy atom. The van der Waals surface area contributed by atoms with E-state index < -0.39 is 120 Å². The number of nitrogens with two attached hydrogens (primary N) is 2. The van der Waals surface area contributed by atoms with Gasteiger partial charge in [0.15, 0.2) is 11.7 Å². The van der Waals surface area contributed by atoms with Gasteiger partial charge in [-0.2, -0.15) is 0 Å². The Labute approximate surface area is 450 Å². The van der Waals surface area contributed by atoms with Crippen molar-refractivity contribution in [1.82, 2.24) is 52.4 Å². The van der Waals surface area contributed by atoms with Crippen LogP contribution in [0.5, 0.6) is 0 Å². The lowest BCUT2D eigenvalue weighted by atomic mass is 10.0. The van der Waals surface area contributed by atoms with E-state index in [0.717, 1.165) is 0 Å². The number of para-hydroxylation sites is 1. The van der Waals surface area contributed by atoms with E-state index >= 15 is 0 Å². The molecule has 6 rings (SSSR count). The Hall–Kier alpha value is -8.48. The van der Waals surface area contributed by atoms with E-state index in [4.69, 9.17) is 11.5 Å². The van der Waals surface area contributed by atoms with Gasteiger partial charge in [-0.1, -0.05) is 54.6 Å².